The van der Waals surface area contributed by atoms with E-state index in [2.05, 4.69) is 0 Å². The fourth-order valence-electron chi connectivity index (χ4n) is 2.52. The number of methoxy groups -OCH3 is 2. The van der Waals surface area contributed by atoms with Crippen LogP contribution in [0.5, 0.6) is 11.5 Å². The Bertz CT molecular complexity index is 399. The van der Waals surface area contributed by atoms with E-state index in [4.69, 9.17) is 14.2 Å². The van der Waals surface area contributed by atoms with Crippen LogP contribution in [-0.4, -0.2) is 32.5 Å². The van der Waals surface area contributed by atoms with Crippen molar-refractivity contribution in [3.05, 3.63) is 23.8 Å². The standard InChI is InChI=1S/C15H22O4/c1-17-12-3-4-15(18-2)13(10-12)14(16)9-11-5-7-19-8-6-11/h3-4,10-11,14,16H,5-9H2,1-2H3. The SMILES string of the molecule is COc1ccc(OC)c(C(O)CC2CCOCC2)c1. The Morgan fingerprint density at radius 1 is 1.26 bits per heavy atom. The molecule has 0 aliphatic carbocycles. The molecule has 0 radical (unpaired) electrons. The van der Waals surface area contributed by atoms with Gasteiger partial charge in [-0.15, -0.1) is 0 Å². The van der Waals surface area contributed by atoms with Crippen LogP contribution in [0, 0.1) is 5.92 Å². The quantitative estimate of drug-likeness (QED) is 0.889. The summed E-state index contributed by atoms with van der Waals surface area (Å²) in [5, 5.41) is 10.4. The zero-order valence-corrected chi connectivity index (χ0v) is 11.6. The molecule has 19 heavy (non-hydrogen) atoms. The van der Waals surface area contributed by atoms with Gasteiger partial charge in [0.2, 0.25) is 0 Å². The highest BCUT2D eigenvalue weighted by molar-refractivity contribution is 5.41. The molecule has 1 saturated heterocycles. The molecule has 106 valence electrons. The molecule has 0 aromatic heterocycles. The van der Waals surface area contributed by atoms with Gasteiger partial charge < -0.3 is 19.3 Å². The summed E-state index contributed by atoms with van der Waals surface area (Å²) in [5.74, 6) is 1.96. The van der Waals surface area contributed by atoms with Gasteiger partial charge in [-0.2, -0.15) is 0 Å². The van der Waals surface area contributed by atoms with Crippen LogP contribution in [0.2, 0.25) is 0 Å². The van der Waals surface area contributed by atoms with Crippen LogP contribution in [0.25, 0.3) is 0 Å². The minimum Gasteiger partial charge on any atom is -0.497 e. The predicted molar refractivity (Wildman–Crippen MR) is 72.7 cm³/mol. The fourth-order valence-corrected chi connectivity index (χ4v) is 2.52. The molecule has 4 heteroatoms. The van der Waals surface area contributed by atoms with Crippen LogP contribution >= 0.6 is 0 Å². The van der Waals surface area contributed by atoms with Crippen molar-refractivity contribution >= 4 is 0 Å². The normalized spacial score (nSPS) is 18.1. The first-order valence-electron chi connectivity index (χ1n) is 6.72. The van der Waals surface area contributed by atoms with E-state index >= 15 is 0 Å². The number of ether oxygens (including phenoxy) is 3. The van der Waals surface area contributed by atoms with Crippen molar-refractivity contribution in [3.63, 3.8) is 0 Å². The summed E-state index contributed by atoms with van der Waals surface area (Å²) < 4.78 is 15.9. The van der Waals surface area contributed by atoms with Crippen LogP contribution in [0.3, 0.4) is 0 Å². The molecule has 0 amide bonds. The molecule has 1 aliphatic rings. The van der Waals surface area contributed by atoms with Crippen molar-refractivity contribution in [2.75, 3.05) is 27.4 Å². The lowest BCUT2D eigenvalue weighted by Gasteiger charge is -2.25. The lowest BCUT2D eigenvalue weighted by atomic mass is 9.90. The van der Waals surface area contributed by atoms with Gasteiger partial charge in [0.25, 0.3) is 0 Å². The molecule has 0 spiro atoms. The Balaban J connectivity index is 2.09. The van der Waals surface area contributed by atoms with Crippen molar-refractivity contribution < 1.29 is 19.3 Å². The molecule has 1 N–H and O–H groups in total. The lowest BCUT2D eigenvalue weighted by molar-refractivity contribution is 0.0430. The predicted octanol–water partition coefficient (Wildman–Crippen LogP) is 2.55. The smallest absolute Gasteiger partial charge is 0.124 e. The van der Waals surface area contributed by atoms with Crippen molar-refractivity contribution in [1.29, 1.82) is 0 Å². The lowest BCUT2D eigenvalue weighted by Crippen LogP contribution is -2.18. The second-order valence-electron chi connectivity index (χ2n) is 4.92. The molecule has 4 nitrogen and oxygen atoms in total. The molecule has 1 atom stereocenters. The van der Waals surface area contributed by atoms with E-state index in [0.717, 1.165) is 43.8 Å². The van der Waals surface area contributed by atoms with Gasteiger partial charge in [-0.05, 0) is 43.4 Å². The van der Waals surface area contributed by atoms with E-state index in [1.54, 1.807) is 14.2 Å². The van der Waals surface area contributed by atoms with Crippen molar-refractivity contribution in [2.45, 2.75) is 25.4 Å². The number of rotatable bonds is 5. The van der Waals surface area contributed by atoms with Crippen LogP contribution in [0.4, 0.5) is 0 Å². The Kier molecular flexibility index (Phi) is 5.05. The summed E-state index contributed by atoms with van der Waals surface area (Å²) in [6.07, 6.45) is 2.26. The third-order valence-electron chi connectivity index (χ3n) is 3.69. The maximum atomic E-state index is 10.4. The minimum atomic E-state index is -0.520. The monoisotopic (exact) mass is 266 g/mol. The van der Waals surface area contributed by atoms with E-state index in [-0.39, 0.29) is 0 Å². The molecular formula is C15H22O4. The molecular weight excluding hydrogens is 244 g/mol. The average Bonchev–Trinajstić information content (AvgIpc) is 2.47. The first-order chi connectivity index (χ1) is 9.24. The van der Waals surface area contributed by atoms with E-state index in [0.29, 0.717) is 11.7 Å². The summed E-state index contributed by atoms with van der Waals surface area (Å²) in [7, 11) is 3.24. The first kappa shape index (κ1) is 14.2. The fraction of sp³-hybridized carbons (Fsp3) is 0.600. The molecule has 1 aromatic rings. The summed E-state index contributed by atoms with van der Waals surface area (Å²) in [6.45, 7) is 1.60. The van der Waals surface area contributed by atoms with Gasteiger partial charge in [0.1, 0.15) is 11.5 Å². The summed E-state index contributed by atoms with van der Waals surface area (Å²) >= 11 is 0. The van der Waals surface area contributed by atoms with Crippen LogP contribution in [-0.2, 0) is 4.74 Å². The molecule has 1 aromatic carbocycles. The van der Waals surface area contributed by atoms with Crippen molar-refractivity contribution in [3.8, 4) is 11.5 Å². The zero-order chi connectivity index (χ0) is 13.7. The minimum absolute atomic E-state index is 0.514. The van der Waals surface area contributed by atoms with Gasteiger partial charge >= 0.3 is 0 Å². The van der Waals surface area contributed by atoms with Gasteiger partial charge in [-0.25, -0.2) is 0 Å². The van der Waals surface area contributed by atoms with Crippen LogP contribution in [0.1, 0.15) is 30.9 Å². The molecule has 1 fully saturated rings. The highest BCUT2D eigenvalue weighted by Gasteiger charge is 2.21. The van der Waals surface area contributed by atoms with Gasteiger partial charge in [0.15, 0.2) is 0 Å². The van der Waals surface area contributed by atoms with E-state index in [9.17, 15) is 5.11 Å². The highest BCUT2D eigenvalue weighted by Crippen LogP contribution is 2.34. The Morgan fingerprint density at radius 3 is 2.63 bits per heavy atom. The molecule has 1 unspecified atom stereocenters. The average molecular weight is 266 g/mol. The third-order valence-corrected chi connectivity index (χ3v) is 3.69. The number of hydrogen-bond donors (Lipinski definition) is 1. The van der Waals surface area contributed by atoms with Gasteiger partial charge in [-0.1, -0.05) is 0 Å². The zero-order valence-electron chi connectivity index (χ0n) is 11.6. The van der Waals surface area contributed by atoms with Gasteiger partial charge in [0.05, 0.1) is 20.3 Å². The van der Waals surface area contributed by atoms with Crippen molar-refractivity contribution in [1.82, 2.24) is 0 Å². The maximum Gasteiger partial charge on any atom is 0.124 e. The van der Waals surface area contributed by atoms with E-state index in [1.165, 1.54) is 0 Å². The number of benzene rings is 1. The van der Waals surface area contributed by atoms with E-state index < -0.39 is 6.10 Å². The summed E-state index contributed by atoms with van der Waals surface area (Å²) in [5.41, 5.74) is 0.799. The maximum absolute atomic E-state index is 10.4. The Hall–Kier alpha value is -1.26. The molecule has 1 heterocycles. The Morgan fingerprint density at radius 2 is 2.00 bits per heavy atom. The number of hydrogen-bond acceptors (Lipinski definition) is 4. The molecule has 2 rings (SSSR count). The second kappa shape index (κ2) is 6.78. The number of aliphatic hydroxyl groups excluding tert-OH is 1. The topological polar surface area (TPSA) is 47.9 Å². The van der Waals surface area contributed by atoms with Crippen LogP contribution < -0.4 is 9.47 Å². The summed E-state index contributed by atoms with van der Waals surface area (Å²) in [4.78, 5) is 0. The summed E-state index contributed by atoms with van der Waals surface area (Å²) in [6, 6.07) is 5.52. The largest absolute Gasteiger partial charge is 0.497 e. The van der Waals surface area contributed by atoms with Gasteiger partial charge in [0, 0.05) is 18.8 Å². The third kappa shape index (κ3) is 3.61. The van der Waals surface area contributed by atoms with Crippen molar-refractivity contribution in [2.24, 2.45) is 5.92 Å². The molecule has 0 saturated carbocycles. The van der Waals surface area contributed by atoms with Crippen LogP contribution in [0.15, 0.2) is 18.2 Å². The highest BCUT2D eigenvalue weighted by atomic mass is 16.5. The Labute approximate surface area is 114 Å². The first-order valence-corrected chi connectivity index (χ1v) is 6.72. The second-order valence-corrected chi connectivity index (χ2v) is 4.92. The molecule has 1 aliphatic heterocycles. The van der Waals surface area contributed by atoms with Gasteiger partial charge in [-0.3, -0.25) is 0 Å². The van der Waals surface area contributed by atoms with E-state index in [1.807, 2.05) is 18.2 Å². The molecule has 0 bridgehead atoms. The number of aliphatic hydroxyl groups is 1.